The fourth-order valence-corrected chi connectivity index (χ4v) is 3.74. The molecule has 0 aromatic rings. The van der Waals surface area contributed by atoms with Crippen molar-refractivity contribution < 1.29 is 9.59 Å². The summed E-state index contributed by atoms with van der Waals surface area (Å²) in [6.07, 6.45) is 6.61. The first kappa shape index (κ1) is 16.3. The molecule has 2 amide bonds. The summed E-state index contributed by atoms with van der Waals surface area (Å²) in [5, 5.41) is 2.99. The van der Waals surface area contributed by atoms with Crippen LogP contribution < -0.4 is 5.32 Å². The van der Waals surface area contributed by atoms with E-state index in [2.05, 4.69) is 19.2 Å². The van der Waals surface area contributed by atoms with E-state index < -0.39 is 0 Å². The van der Waals surface area contributed by atoms with Crippen molar-refractivity contribution in [2.75, 3.05) is 0 Å². The molecular weight excluding hydrogens is 264 g/mol. The van der Waals surface area contributed by atoms with E-state index in [1.165, 1.54) is 19.3 Å². The third kappa shape index (κ3) is 3.24. The Morgan fingerprint density at radius 3 is 2.29 bits per heavy atom. The molecule has 1 saturated carbocycles. The van der Waals surface area contributed by atoms with Crippen LogP contribution in [0, 0.1) is 11.8 Å². The Morgan fingerprint density at radius 1 is 1.14 bits per heavy atom. The van der Waals surface area contributed by atoms with E-state index in [-0.39, 0.29) is 41.8 Å². The minimum absolute atomic E-state index is 0.0421. The fourth-order valence-electron chi connectivity index (χ4n) is 3.74. The van der Waals surface area contributed by atoms with Crippen molar-refractivity contribution >= 4 is 11.8 Å². The SMILES string of the molecule is CCC(C)C1NC(=O)C(C(C)C)N(C2CCCCC2)C1=O. The largest absolute Gasteiger partial charge is 0.342 e. The minimum Gasteiger partial charge on any atom is -0.342 e. The van der Waals surface area contributed by atoms with E-state index >= 15 is 0 Å². The summed E-state index contributed by atoms with van der Waals surface area (Å²) in [7, 11) is 0. The maximum Gasteiger partial charge on any atom is 0.246 e. The molecule has 2 fully saturated rings. The first-order chi connectivity index (χ1) is 9.97. The Morgan fingerprint density at radius 2 is 1.76 bits per heavy atom. The number of carbonyl (C=O) groups is 2. The number of carbonyl (C=O) groups excluding carboxylic acids is 2. The van der Waals surface area contributed by atoms with Crippen LogP contribution in [0.3, 0.4) is 0 Å². The van der Waals surface area contributed by atoms with E-state index in [1.54, 1.807) is 0 Å². The Balaban J connectivity index is 2.27. The topological polar surface area (TPSA) is 49.4 Å². The van der Waals surface area contributed by atoms with Gasteiger partial charge in [0.2, 0.25) is 11.8 Å². The van der Waals surface area contributed by atoms with Crippen molar-refractivity contribution in [2.45, 2.75) is 84.3 Å². The number of piperazine rings is 1. The van der Waals surface area contributed by atoms with E-state index in [4.69, 9.17) is 0 Å². The third-order valence-corrected chi connectivity index (χ3v) is 5.20. The van der Waals surface area contributed by atoms with E-state index in [0.29, 0.717) is 0 Å². The number of hydrogen-bond donors (Lipinski definition) is 1. The van der Waals surface area contributed by atoms with Crippen molar-refractivity contribution in [3.8, 4) is 0 Å². The van der Waals surface area contributed by atoms with Crippen molar-refractivity contribution in [1.29, 1.82) is 0 Å². The van der Waals surface area contributed by atoms with Gasteiger partial charge >= 0.3 is 0 Å². The number of amides is 2. The van der Waals surface area contributed by atoms with Crippen molar-refractivity contribution in [2.24, 2.45) is 11.8 Å². The minimum atomic E-state index is -0.334. The molecule has 0 aromatic heterocycles. The first-order valence-electron chi connectivity index (χ1n) is 8.59. The Labute approximate surface area is 128 Å². The van der Waals surface area contributed by atoms with Gasteiger partial charge in [-0.15, -0.1) is 0 Å². The number of rotatable bonds is 4. The predicted molar refractivity (Wildman–Crippen MR) is 83.7 cm³/mol. The van der Waals surface area contributed by atoms with Crippen LogP contribution in [0.25, 0.3) is 0 Å². The van der Waals surface area contributed by atoms with Crippen LogP contribution in [0.1, 0.15) is 66.2 Å². The summed E-state index contributed by atoms with van der Waals surface area (Å²) in [5.74, 6) is 0.546. The van der Waals surface area contributed by atoms with Gasteiger partial charge in [-0.1, -0.05) is 53.4 Å². The summed E-state index contributed by atoms with van der Waals surface area (Å²) in [4.78, 5) is 27.5. The number of nitrogens with one attached hydrogen (secondary N) is 1. The van der Waals surface area contributed by atoms with Gasteiger partial charge in [0.15, 0.2) is 0 Å². The van der Waals surface area contributed by atoms with Crippen molar-refractivity contribution in [3.05, 3.63) is 0 Å². The maximum absolute atomic E-state index is 13.0. The molecule has 0 aromatic carbocycles. The fraction of sp³-hybridized carbons (Fsp3) is 0.882. The predicted octanol–water partition coefficient (Wildman–Crippen LogP) is 2.72. The van der Waals surface area contributed by atoms with Gasteiger partial charge in [0.1, 0.15) is 12.1 Å². The Hall–Kier alpha value is -1.06. The molecule has 3 unspecified atom stereocenters. The molecule has 2 aliphatic rings. The molecule has 1 aliphatic heterocycles. The van der Waals surface area contributed by atoms with Gasteiger partial charge in [-0.3, -0.25) is 9.59 Å². The molecule has 4 heteroatoms. The number of nitrogens with zero attached hydrogens (tertiary/aromatic N) is 1. The van der Waals surface area contributed by atoms with Gasteiger partial charge in [-0.25, -0.2) is 0 Å². The van der Waals surface area contributed by atoms with Gasteiger partial charge < -0.3 is 10.2 Å². The zero-order valence-electron chi connectivity index (χ0n) is 13.9. The standard InChI is InChI=1S/C17H30N2O2/c1-5-12(4)14-17(21)19(13-9-7-6-8-10-13)15(11(2)3)16(20)18-14/h11-15H,5-10H2,1-4H3,(H,18,20). The molecular formula is C17H30N2O2. The molecule has 3 atom stereocenters. The van der Waals surface area contributed by atoms with Crippen molar-refractivity contribution in [3.63, 3.8) is 0 Å². The highest BCUT2D eigenvalue weighted by atomic mass is 16.2. The normalized spacial score (nSPS) is 29.7. The first-order valence-corrected chi connectivity index (χ1v) is 8.59. The molecule has 0 bridgehead atoms. The molecule has 4 nitrogen and oxygen atoms in total. The van der Waals surface area contributed by atoms with E-state index in [9.17, 15) is 9.59 Å². The summed E-state index contributed by atoms with van der Waals surface area (Å²) < 4.78 is 0. The van der Waals surface area contributed by atoms with Crippen LogP contribution >= 0.6 is 0 Å². The molecule has 120 valence electrons. The van der Waals surface area contributed by atoms with Crippen LogP contribution in [-0.4, -0.2) is 34.8 Å². The second-order valence-corrected chi connectivity index (χ2v) is 7.10. The highest BCUT2D eigenvalue weighted by molar-refractivity contribution is 5.97. The summed E-state index contributed by atoms with van der Waals surface area (Å²) in [6, 6.07) is -0.364. The van der Waals surface area contributed by atoms with Gasteiger partial charge in [-0.2, -0.15) is 0 Å². The lowest BCUT2D eigenvalue weighted by Crippen LogP contribution is -2.68. The average molecular weight is 294 g/mol. The smallest absolute Gasteiger partial charge is 0.246 e. The van der Waals surface area contributed by atoms with Crippen LogP contribution in [0.15, 0.2) is 0 Å². The van der Waals surface area contributed by atoms with Gasteiger partial charge in [0.25, 0.3) is 0 Å². The average Bonchev–Trinajstić information content (AvgIpc) is 2.48. The highest BCUT2D eigenvalue weighted by Crippen LogP contribution is 2.30. The third-order valence-electron chi connectivity index (χ3n) is 5.20. The molecule has 1 saturated heterocycles. The van der Waals surface area contributed by atoms with Crippen LogP contribution in [-0.2, 0) is 9.59 Å². The molecule has 2 rings (SSSR count). The highest BCUT2D eigenvalue weighted by Gasteiger charge is 2.46. The second kappa shape index (κ2) is 6.80. The van der Waals surface area contributed by atoms with E-state index in [1.807, 2.05) is 18.7 Å². The zero-order chi connectivity index (χ0) is 15.6. The second-order valence-electron chi connectivity index (χ2n) is 7.10. The van der Waals surface area contributed by atoms with Crippen LogP contribution in [0.2, 0.25) is 0 Å². The van der Waals surface area contributed by atoms with Crippen molar-refractivity contribution in [1.82, 2.24) is 10.2 Å². The number of hydrogen-bond acceptors (Lipinski definition) is 2. The van der Waals surface area contributed by atoms with Gasteiger partial charge in [-0.05, 0) is 24.7 Å². The Kier molecular flexibility index (Phi) is 5.28. The maximum atomic E-state index is 13.0. The van der Waals surface area contributed by atoms with Gasteiger partial charge in [0, 0.05) is 6.04 Å². The summed E-state index contributed by atoms with van der Waals surface area (Å²) in [6.45, 7) is 8.20. The van der Waals surface area contributed by atoms with E-state index in [0.717, 1.165) is 19.3 Å². The Bertz CT molecular complexity index is 388. The molecule has 21 heavy (non-hydrogen) atoms. The monoisotopic (exact) mass is 294 g/mol. The van der Waals surface area contributed by atoms with Gasteiger partial charge in [0.05, 0.1) is 0 Å². The quantitative estimate of drug-likeness (QED) is 0.866. The van der Waals surface area contributed by atoms with Crippen LogP contribution in [0.5, 0.6) is 0 Å². The van der Waals surface area contributed by atoms with Crippen LogP contribution in [0.4, 0.5) is 0 Å². The summed E-state index contributed by atoms with van der Waals surface area (Å²) >= 11 is 0. The lowest BCUT2D eigenvalue weighted by Gasteiger charge is -2.47. The lowest BCUT2D eigenvalue weighted by molar-refractivity contribution is -0.156. The summed E-state index contributed by atoms with van der Waals surface area (Å²) in [5.41, 5.74) is 0. The molecule has 1 N–H and O–H groups in total. The zero-order valence-corrected chi connectivity index (χ0v) is 13.9. The molecule has 0 spiro atoms. The molecule has 0 radical (unpaired) electrons. The molecule has 1 aliphatic carbocycles. The lowest BCUT2D eigenvalue weighted by atomic mass is 9.86. The molecule has 1 heterocycles.